The van der Waals surface area contributed by atoms with E-state index >= 15 is 0 Å². The second kappa shape index (κ2) is 3.62. The summed E-state index contributed by atoms with van der Waals surface area (Å²) in [6.45, 7) is 2.25. The van der Waals surface area contributed by atoms with E-state index in [0.29, 0.717) is 13.0 Å². The maximum atomic E-state index is 11.3. The Bertz CT molecular complexity index is 459. The Kier molecular flexibility index (Phi) is 2.31. The largest absolute Gasteiger partial charge is 0.298 e. The number of benzene rings is 1. The van der Waals surface area contributed by atoms with E-state index in [2.05, 4.69) is 5.10 Å². The van der Waals surface area contributed by atoms with Gasteiger partial charge in [0.05, 0.1) is 11.7 Å². The minimum Gasteiger partial charge on any atom is -0.298 e. The summed E-state index contributed by atoms with van der Waals surface area (Å²) in [5.41, 5.74) is 1.02. The lowest BCUT2D eigenvalue weighted by Gasteiger charge is -2.00. The number of nitrogens with zero attached hydrogens (tertiary/aromatic N) is 2. The summed E-state index contributed by atoms with van der Waals surface area (Å²) in [5.74, 6) is 0.207. The quantitative estimate of drug-likeness (QED) is 0.738. The third-order valence-electron chi connectivity index (χ3n) is 2.27. The Morgan fingerprint density at radius 3 is 3.00 bits per heavy atom. The zero-order valence-corrected chi connectivity index (χ0v) is 8.10. The number of Topliss-reactive ketones (excluding diaryl/α,β-unsaturated/α-hetero) is 1. The van der Waals surface area contributed by atoms with E-state index < -0.39 is 0 Å². The number of hydrogen-bond donors (Lipinski definition) is 0. The van der Waals surface area contributed by atoms with Crippen molar-refractivity contribution < 1.29 is 4.79 Å². The van der Waals surface area contributed by atoms with Gasteiger partial charge in [0.1, 0.15) is 6.54 Å². The number of carbonyl (C=O) groups is 1. The number of fused-ring (bicyclic) bond motifs is 1. The minimum absolute atomic E-state index is 0.207. The van der Waals surface area contributed by atoms with Gasteiger partial charge < -0.3 is 0 Å². The van der Waals surface area contributed by atoms with Crippen LogP contribution in [0.1, 0.15) is 13.3 Å². The number of aromatic nitrogens is 2. The normalized spacial score (nSPS) is 10.6. The summed E-state index contributed by atoms with van der Waals surface area (Å²) < 4.78 is 1.75. The van der Waals surface area contributed by atoms with E-state index in [1.807, 2.05) is 31.2 Å². The Labute approximate surface area is 82.3 Å². The lowest BCUT2D eigenvalue weighted by Crippen LogP contribution is -2.09. The summed E-state index contributed by atoms with van der Waals surface area (Å²) in [7, 11) is 0. The summed E-state index contributed by atoms with van der Waals surface area (Å²) >= 11 is 0. The van der Waals surface area contributed by atoms with Gasteiger partial charge in [-0.1, -0.05) is 25.1 Å². The molecule has 0 fully saturated rings. The highest BCUT2D eigenvalue weighted by Gasteiger charge is 2.04. The Morgan fingerprint density at radius 1 is 1.43 bits per heavy atom. The average molecular weight is 188 g/mol. The lowest BCUT2D eigenvalue weighted by atomic mass is 10.2. The molecular formula is C11H12N2O. The summed E-state index contributed by atoms with van der Waals surface area (Å²) in [4.78, 5) is 11.3. The van der Waals surface area contributed by atoms with Gasteiger partial charge in [-0.05, 0) is 6.07 Å². The minimum atomic E-state index is 0.207. The molecule has 0 aliphatic rings. The molecule has 3 nitrogen and oxygen atoms in total. The molecule has 14 heavy (non-hydrogen) atoms. The third-order valence-corrected chi connectivity index (χ3v) is 2.27. The Morgan fingerprint density at radius 2 is 2.21 bits per heavy atom. The molecule has 0 aliphatic heterocycles. The third kappa shape index (κ3) is 1.53. The molecule has 1 aromatic carbocycles. The predicted octanol–water partition coefficient (Wildman–Crippen LogP) is 2.02. The SMILES string of the molecule is CCC(=O)Cn1ncc2ccccc21. The zero-order valence-electron chi connectivity index (χ0n) is 8.10. The molecule has 0 radical (unpaired) electrons. The molecule has 0 saturated heterocycles. The second-order valence-corrected chi connectivity index (χ2v) is 3.25. The lowest BCUT2D eigenvalue weighted by molar-refractivity contribution is -0.119. The molecular weight excluding hydrogens is 176 g/mol. The van der Waals surface area contributed by atoms with Gasteiger partial charge in [0.15, 0.2) is 5.78 Å². The molecule has 0 aliphatic carbocycles. The van der Waals surface area contributed by atoms with Crippen molar-refractivity contribution in [3.8, 4) is 0 Å². The van der Waals surface area contributed by atoms with Gasteiger partial charge in [-0.15, -0.1) is 0 Å². The van der Waals surface area contributed by atoms with Gasteiger partial charge in [-0.3, -0.25) is 9.48 Å². The molecule has 3 heteroatoms. The number of ketones is 1. The van der Waals surface area contributed by atoms with E-state index in [-0.39, 0.29) is 5.78 Å². The zero-order chi connectivity index (χ0) is 9.97. The van der Waals surface area contributed by atoms with E-state index in [4.69, 9.17) is 0 Å². The van der Waals surface area contributed by atoms with Crippen molar-refractivity contribution in [1.29, 1.82) is 0 Å². The topological polar surface area (TPSA) is 34.9 Å². The number of hydrogen-bond acceptors (Lipinski definition) is 2. The van der Waals surface area contributed by atoms with Gasteiger partial charge in [0.25, 0.3) is 0 Å². The molecule has 0 bridgehead atoms. The predicted molar refractivity (Wildman–Crippen MR) is 55.0 cm³/mol. The smallest absolute Gasteiger partial charge is 0.154 e. The summed E-state index contributed by atoms with van der Waals surface area (Å²) in [6, 6.07) is 7.90. The molecule has 2 aromatic rings. The number of rotatable bonds is 3. The van der Waals surface area contributed by atoms with E-state index in [0.717, 1.165) is 10.9 Å². The van der Waals surface area contributed by atoms with Crippen molar-refractivity contribution in [1.82, 2.24) is 9.78 Å². The molecule has 0 amide bonds. The van der Waals surface area contributed by atoms with Crippen LogP contribution in [-0.2, 0) is 11.3 Å². The Balaban J connectivity index is 2.38. The van der Waals surface area contributed by atoms with Crippen molar-refractivity contribution in [2.45, 2.75) is 19.9 Å². The van der Waals surface area contributed by atoms with Crippen LogP contribution in [-0.4, -0.2) is 15.6 Å². The first-order valence-electron chi connectivity index (χ1n) is 4.73. The van der Waals surface area contributed by atoms with Crippen molar-refractivity contribution in [3.63, 3.8) is 0 Å². The van der Waals surface area contributed by atoms with Crippen molar-refractivity contribution in [3.05, 3.63) is 30.5 Å². The fourth-order valence-corrected chi connectivity index (χ4v) is 1.43. The summed E-state index contributed by atoms with van der Waals surface area (Å²) in [6.07, 6.45) is 2.35. The monoisotopic (exact) mass is 188 g/mol. The van der Waals surface area contributed by atoms with Gasteiger partial charge in [0.2, 0.25) is 0 Å². The highest BCUT2D eigenvalue weighted by molar-refractivity contribution is 5.82. The van der Waals surface area contributed by atoms with Crippen LogP contribution in [0.15, 0.2) is 30.5 Å². The molecule has 0 spiro atoms. The molecule has 0 unspecified atom stereocenters. The maximum Gasteiger partial charge on any atom is 0.154 e. The van der Waals surface area contributed by atoms with Crippen LogP contribution < -0.4 is 0 Å². The Hall–Kier alpha value is -1.64. The van der Waals surface area contributed by atoms with Crippen molar-refractivity contribution in [2.75, 3.05) is 0 Å². The van der Waals surface area contributed by atoms with Gasteiger partial charge in [-0.25, -0.2) is 0 Å². The van der Waals surface area contributed by atoms with Gasteiger partial charge >= 0.3 is 0 Å². The first kappa shape index (κ1) is 8.94. The van der Waals surface area contributed by atoms with E-state index in [9.17, 15) is 4.79 Å². The van der Waals surface area contributed by atoms with Crippen LogP contribution in [0.5, 0.6) is 0 Å². The van der Waals surface area contributed by atoms with Crippen molar-refractivity contribution >= 4 is 16.7 Å². The molecule has 0 N–H and O–H groups in total. The van der Waals surface area contributed by atoms with Gasteiger partial charge in [-0.2, -0.15) is 5.10 Å². The fourth-order valence-electron chi connectivity index (χ4n) is 1.43. The second-order valence-electron chi connectivity index (χ2n) is 3.25. The van der Waals surface area contributed by atoms with Crippen LogP contribution in [0.2, 0.25) is 0 Å². The first-order chi connectivity index (χ1) is 6.81. The van der Waals surface area contributed by atoms with Crippen LogP contribution >= 0.6 is 0 Å². The molecule has 0 saturated carbocycles. The molecule has 72 valence electrons. The van der Waals surface area contributed by atoms with Crippen molar-refractivity contribution in [2.24, 2.45) is 0 Å². The molecule has 2 rings (SSSR count). The van der Waals surface area contributed by atoms with Crippen LogP contribution in [0.3, 0.4) is 0 Å². The van der Waals surface area contributed by atoms with E-state index in [1.54, 1.807) is 10.9 Å². The van der Waals surface area contributed by atoms with Crippen LogP contribution in [0.25, 0.3) is 10.9 Å². The molecule has 1 heterocycles. The summed E-state index contributed by atoms with van der Waals surface area (Å²) in [5, 5.41) is 5.26. The van der Waals surface area contributed by atoms with E-state index in [1.165, 1.54) is 0 Å². The fraction of sp³-hybridized carbons (Fsp3) is 0.273. The first-order valence-corrected chi connectivity index (χ1v) is 4.73. The molecule has 1 aromatic heterocycles. The molecule has 0 atom stereocenters. The average Bonchev–Trinajstić information content (AvgIpc) is 2.62. The van der Waals surface area contributed by atoms with Crippen LogP contribution in [0.4, 0.5) is 0 Å². The standard InChI is InChI=1S/C11H12N2O/c1-2-10(14)8-13-11-6-4-3-5-9(11)7-12-13/h3-7H,2,8H2,1H3. The maximum absolute atomic E-state index is 11.3. The highest BCUT2D eigenvalue weighted by atomic mass is 16.1. The number of carbonyl (C=O) groups excluding carboxylic acids is 1. The van der Waals surface area contributed by atoms with Gasteiger partial charge in [0, 0.05) is 11.8 Å². The highest BCUT2D eigenvalue weighted by Crippen LogP contribution is 2.12. The van der Waals surface area contributed by atoms with Crippen LogP contribution in [0, 0.1) is 0 Å². The number of para-hydroxylation sites is 1.